The smallest absolute Gasteiger partial charge is 0.0171 e. The van der Waals surface area contributed by atoms with Crippen LogP contribution < -0.4 is 5.30 Å². The number of benzene rings is 1. The Morgan fingerprint density at radius 1 is 1.06 bits per heavy atom. The second-order valence-corrected chi connectivity index (χ2v) is 8.14. The van der Waals surface area contributed by atoms with Gasteiger partial charge < -0.3 is 0 Å². The summed E-state index contributed by atoms with van der Waals surface area (Å²) < 4.78 is 0. The molecule has 100 valence electrons. The third-order valence-corrected chi connectivity index (χ3v) is 7.01. The van der Waals surface area contributed by atoms with Crippen molar-refractivity contribution in [3.63, 3.8) is 0 Å². The number of aryl methyl sites for hydroxylation is 1. The fourth-order valence-corrected chi connectivity index (χ4v) is 5.14. The van der Waals surface area contributed by atoms with Crippen LogP contribution in [-0.2, 0) is 6.42 Å². The molecule has 1 aromatic rings. The van der Waals surface area contributed by atoms with Crippen LogP contribution in [0.25, 0.3) is 0 Å². The van der Waals surface area contributed by atoms with E-state index in [1.807, 2.05) is 0 Å². The van der Waals surface area contributed by atoms with Crippen LogP contribution in [0.5, 0.6) is 0 Å². The van der Waals surface area contributed by atoms with Crippen LogP contribution in [0.1, 0.15) is 57.4 Å². The molecule has 1 heteroatoms. The quantitative estimate of drug-likeness (QED) is 0.648. The molecule has 1 saturated carbocycles. The summed E-state index contributed by atoms with van der Waals surface area (Å²) in [6, 6.07) is 9.55. The van der Waals surface area contributed by atoms with E-state index in [0.29, 0.717) is 0 Å². The maximum Gasteiger partial charge on any atom is -0.0171 e. The van der Waals surface area contributed by atoms with Crippen LogP contribution in [0.2, 0.25) is 0 Å². The summed E-state index contributed by atoms with van der Waals surface area (Å²) in [7, 11) is 0.0809. The summed E-state index contributed by atoms with van der Waals surface area (Å²) in [6.45, 7) is 4.76. The molecule has 2 rings (SSSR count). The molecule has 0 nitrogen and oxygen atoms in total. The van der Waals surface area contributed by atoms with Crippen molar-refractivity contribution in [3.8, 4) is 0 Å². The zero-order valence-electron chi connectivity index (χ0n) is 12.0. The number of unbranched alkanes of at least 4 members (excludes halogenated alkanes) is 1. The molecule has 0 radical (unpaired) electrons. The highest BCUT2D eigenvalue weighted by atomic mass is 31.1. The molecular formula is C17H27P. The predicted octanol–water partition coefficient (Wildman–Crippen LogP) is 5.10. The Bertz CT molecular complexity index is 335. The molecule has 0 aromatic heterocycles. The molecule has 0 saturated heterocycles. The van der Waals surface area contributed by atoms with Crippen LogP contribution in [0.4, 0.5) is 0 Å². The topological polar surface area (TPSA) is 0 Å². The fourth-order valence-electron chi connectivity index (χ4n) is 2.96. The first-order valence-corrected chi connectivity index (χ1v) is 9.49. The molecule has 1 aromatic carbocycles. The van der Waals surface area contributed by atoms with Gasteiger partial charge in [-0.1, -0.05) is 64.8 Å². The van der Waals surface area contributed by atoms with Crippen LogP contribution >= 0.6 is 7.92 Å². The molecule has 1 aliphatic carbocycles. The lowest BCUT2D eigenvalue weighted by Crippen LogP contribution is -2.16. The minimum Gasteiger partial charge on any atom is -0.0753 e. The minimum atomic E-state index is 0.0809. The van der Waals surface area contributed by atoms with Crippen molar-refractivity contribution in [2.75, 3.05) is 6.66 Å². The van der Waals surface area contributed by atoms with Crippen LogP contribution in [-0.4, -0.2) is 12.3 Å². The highest BCUT2D eigenvalue weighted by Crippen LogP contribution is 2.43. The van der Waals surface area contributed by atoms with Crippen LogP contribution in [0, 0.1) is 0 Å². The zero-order chi connectivity index (χ0) is 12.8. The van der Waals surface area contributed by atoms with Gasteiger partial charge in [0, 0.05) is 0 Å². The van der Waals surface area contributed by atoms with Crippen molar-refractivity contribution >= 4 is 13.2 Å². The van der Waals surface area contributed by atoms with Gasteiger partial charge in [-0.05, 0) is 48.9 Å². The van der Waals surface area contributed by atoms with Gasteiger partial charge in [0.25, 0.3) is 0 Å². The summed E-state index contributed by atoms with van der Waals surface area (Å²) in [4.78, 5) is 0. The maximum absolute atomic E-state index is 2.49. The minimum absolute atomic E-state index is 0.0809. The van der Waals surface area contributed by atoms with E-state index in [4.69, 9.17) is 0 Å². The van der Waals surface area contributed by atoms with Gasteiger partial charge in [-0.3, -0.25) is 0 Å². The number of hydrogen-bond acceptors (Lipinski definition) is 0. The third kappa shape index (κ3) is 3.82. The Balaban J connectivity index is 1.95. The first kappa shape index (κ1) is 14.1. The molecule has 0 spiro atoms. The summed E-state index contributed by atoms with van der Waals surface area (Å²) in [5, 5.41) is 1.62. The van der Waals surface area contributed by atoms with Crippen molar-refractivity contribution in [3.05, 3.63) is 29.8 Å². The van der Waals surface area contributed by atoms with E-state index >= 15 is 0 Å². The highest BCUT2D eigenvalue weighted by molar-refractivity contribution is 7.65. The van der Waals surface area contributed by atoms with E-state index < -0.39 is 0 Å². The van der Waals surface area contributed by atoms with Gasteiger partial charge in [0.05, 0.1) is 0 Å². The Labute approximate surface area is 114 Å². The first-order chi connectivity index (χ1) is 8.81. The second-order valence-electron chi connectivity index (χ2n) is 5.67. The summed E-state index contributed by atoms with van der Waals surface area (Å²) >= 11 is 0. The first-order valence-electron chi connectivity index (χ1n) is 7.63. The Morgan fingerprint density at radius 3 is 2.33 bits per heavy atom. The third-order valence-electron chi connectivity index (χ3n) is 4.29. The molecule has 1 aliphatic rings. The largest absolute Gasteiger partial charge is 0.0753 e. The van der Waals surface area contributed by atoms with Crippen molar-refractivity contribution in [2.45, 2.75) is 63.9 Å². The van der Waals surface area contributed by atoms with Crippen molar-refractivity contribution in [1.29, 1.82) is 0 Å². The lowest BCUT2D eigenvalue weighted by molar-refractivity contribution is 0.512. The van der Waals surface area contributed by atoms with Gasteiger partial charge in [-0.2, -0.15) is 0 Å². The highest BCUT2D eigenvalue weighted by Gasteiger charge is 2.20. The molecule has 0 heterocycles. The van der Waals surface area contributed by atoms with Crippen LogP contribution in [0.15, 0.2) is 24.3 Å². The Kier molecular flexibility index (Phi) is 5.70. The van der Waals surface area contributed by atoms with Gasteiger partial charge >= 0.3 is 0 Å². The van der Waals surface area contributed by atoms with E-state index in [9.17, 15) is 0 Å². The van der Waals surface area contributed by atoms with E-state index in [-0.39, 0.29) is 7.92 Å². The molecule has 0 aliphatic heterocycles. The van der Waals surface area contributed by atoms with E-state index in [1.165, 1.54) is 56.9 Å². The second kappa shape index (κ2) is 7.29. The van der Waals surface area contributed by atoms with Gasteiger partial charge in [-0.15, -0.1) is 0 Å². The number of hydrogen-bond donors (Lipinski definition) is 0. The SMILES string of the molecule is CCCCc1ccc(P(C)C2CCCCC2)cc1. The average Bonchev–Trinajstić information content (AvgIpc) is 2.46. The van der Waals surface area contributed by atoms with Gasteiger partial charge in [-0.25, -0.2) is 0 Å². The molecule has 18 heavy (non-hydrogen) atoms. The monoisotopic (exact) mass is 262 g/mol. The lowest BCUT2D eigenvalue weighted by atomic mass is 10.0. The Morgan fingerprint density at radius 2 is 1.72 bits per heavy atom. The van der Waals surface area contributed by atoms with Gasteiger partial charge in [0.1, 0.15) is 0 Å². The van der Waals surface area contributed by atoms with Crippen molar-refractivity contribution in [2.24, 2.45) is 0 Å². The standard InChI is InChI=1S/C17H27P/c1-3-4-8-15-11-13-17(14-12-15)18(2)16-9-6-5-7-10-16/h11-14,16H,3-10H2,1-2H3. The molecule has 1 fully saturated rings. The summed E-state index contributed by atoms with van der Waals surface area (Å²) in [5.74, 6) is 0. The van der Waals surface area contributed by atoms with E-state index in [0.717, 1.165) is 5.66 Å². The van der Waals surface area contributed by atoms with Crippen molar-refractivity contribution < 1.29 is 0 Å². The average molecular weight is 262 g/mol. The molecule has 0 bridgehead atoms. The van der Waals surface area contributed by atoms with Gasteiger partial charge in [0.15, 0.2) is 0 Å². The molecule has 0 N–H and O–H groups in total. The molecular weight excluding hydrogens is 235 g/mol. The summed E-state index contributed by atoms with van der Waals surface area (Å²) in [6.07, 6.45) is 11.2. The van der Waals surface area contributed by atoms with Crippen molar-refractivity contribution in [1.82, 2.24) is 0 Å². The van der Waals surface area contributed by atoms with Gasteiger partial charge in [0.2, 0.25) is 0 Å². The molecule has 1 atom stereocenters. The van der Waals surface area contributed by atoms with Crippen LogP contribution in [0.3, 0.4) is 0 Å². The molecule has 0 amide bonds. The number of rotatable bonds is 5. The summed E-state index contributed by atoms with van der Waals surface area (Å²) in [5.41, 5.74) is 2.52. The normalized spacial score (nSPS) is 18.8. The zero-order valence-corrected chi connectivity index (χ0v) is 12.9. The van der Waals surface area contributed by atoms with E-state index in [1.54, 1.807) is 5.30 Å². The predicted molar refractivity (Wildman–Crippen MR) is 84.4 cm³/mol. The Hall–Kier alpha value is -0.350. The molecule has 1 unspecified atom stereocenters. The maximum atomic E-state index is 2.49. The fraction of sp³-hybridized carbons (Fsp3) is 0.647. The lowest BCUT2D eigenvalue weighted by Gasteiger charge is -2.28. The van der Waals surface area contributed by atoms with E-state index in [2.05, 4.69) is 37.9 Å².